The maximum absolute atomic E-state index is 13.4. The molecule has 1 fully saturated rings. The van der Waals surface area contributed by atoms with Crippen LogP contribution in [0.2, 0.25) is 0 Å². The largest absolute Gasteiger partial charge is 0.467 e. The maximum Gasteiger partial charge on any atom is 0.411 e. The lowest BCUT2D eigenvalue weighted by molar-refractivity contribution is -0.288. The van der Waals surface area contributed by atoms with Crippen LogP contribution in [0.4, 0.5) is 9.18 Å². The first-order valence-corrected chi connectivity index (χ1v) is 10.0. The predicted molar refractivity (Wildman–Crippen MR) is 108 cm³/mol. The van der Waals surface area contributed by atoms with Gasteiger partial charge in [0.05, 0.1) is 13.3 Å². The Morgan fingerprint density at radius 1 is 0.972 bits per heavy atom. The average Bonchev–Trinajstić information content (AvgIpc) is 2.77. The van der Waals surface area contributed by atoms with Crippen molar-refractivity contribution in [3.05, 3.63) is 32.9 Å². The summed E-state index contributed by atoms with van der Waals surface area (Å²) in [6.45, 7) is 2.23. The number of ether oxygens (including phenoxy) is 6. The number of nitrogens with zero attached hydrogens (tertiary/aromatic N) is 1. The molecule has 0 bridgehead atoms. The average molecular weight is 519 g/mol. The van der Waals surface area contributed by atoms with Crippen molar-refractivity contribution in [2.75, 3.05) is 7.11 Å². The van der Waals surface area contributed by atoms with Crippen LogP contribution in [0.3, 0.4) is 0 Å². The summed E-state index contributed by atoms with van der Waals surface area (Å²) < 4.78 is 44.3. The second kappa shape index (κ2) is 11.9. The molecule has 198 valence electrons. The molecule has 16 nitrogen and oxygen atoms in total. The quantitative estimate of drug-likeness (QED) is 0.297. The summed E-state index contributed by atoms with van der Waals surface area (Å²) >= 11 is 0. The second-order valence-electron chi connectivity index (χ2n) is 7.12. The van der Waals surface area contributed by atoms with Gasteiger partial charge in [-0.3, -0.25) is 28.7 Å². The summed E-state index contributed by atoms with van der Waals surface area (Å²) in [5.74, 6) is -5.25. The molecule has 0 radical (unpaired) electrons. The third-order valence-electron chi connectivity index (χ3n) is 4.42. The summed E-state index contributed by atoms with van der Waals surface area (Å²) in [7, 11) is 0.971. The Labute approximate surface area is 200 Å². The number of alkyl carbamates (subject to hydrolysis) is 1. The van der Waals surface area contributed by atoms with Crippen molar-refractivity contribution in [3.8, 4) is 0 Å². The molecule has 2 heterocycles. The van der Waals surface area contributed by atoms with Crippen molar-refractivity contribution in [1.82, 2.24) is 14.9 Å². The number of hydrogen-bond donors (Lipinski definition) is 2. The molecule has 36 heavy (non-hydrogen) atoms. The van der Waals surface area contributed by atoms with E-state index < -0.39 is 84.4 Å². The summed E-state index contributed by atoms with van der Waals surface area (Å²) in [5.41, 5.74) is -2.33. The monoisotopic (exact) mass is 519 g/mol. The Morgan fingerprint density at radius 2 is 1.53 bits per heavy atom. The van der Waals surface area contributed by atoms with Crippen LogP contribution in [0.15, 0.2) is 15.8 Å². The second-order valence-corrected chi connectivity index (χ2v) is 7.12. The van der Waals surface area contributed by atoms with Crippen molar-refractivity contribution >= 4 is 30.0 Å². The van der Waals surface area contributed by atoms with Gasteiger partial charge < -0.3 is 33.7 Å². The smallest absolute Gasteiger partial charge is 0.411 e. The van der Waals surface area contributed by atoms with Gasteiger partial charge in [0.15, 0.2) is 18.3 Å². The third-order valence-corrected chi connectivity index (χ3v) is 4.42. The molecular weight excluding hydrogens is 497 g/mol. The van der Waals surface area contributed by atoms with Gasteiger partial charge in [-0.05, 0) is 0 Å². The number of carbonyl (C=O) groups excluding carboxylic acids is 5. The number of rotatable bonds is 7. The molecule has 1 saturated heterocycles. The minimum atomic E-state index is -1.93. The van der Waals surface area contributed by atoms with Crippen LogP contribution < -0.4 is 16.6 Å². The Bertz CT molecular complexity index is 1150. The van der Waals surface area contributed by atoms with Gasteiger partial charge in [-0.15, -0.1) is 0 Å². The molecule has 17 heteroatoms. The molecule has 0 aliphatic carbocycles. The summed E-state index contributed by atoms with van der Waals surface area (Å²) in [6, 6.07) is 0. The molecule has 2 rings (SSSR count). The lowest BCUT2D eigenvalue weighted by atomic mass is 9.97. The van der Waals surface area contributed by atoms with Gasteiger partial charge in [-0.2, -0.15) is 4.39 Å². The zero-order chi connectivity index (χ0) is 27.2. The van der Waals surface area contributed by atoms with Crippen molar-refractivity contribution in [2.45, 2.75) is 58.1 Å². The lowest BCUT2D eigenvalue weighted by Gasteiger charge is -2.42. The van der Waals surface area contributed by atoms with E-state index in [9.17, 15) is 38.0 Å². The minimum absolute atomic E-state index is 0.522. The number of methoxy groups -OCH3 is 1. The van der Waals surface area contributed by atoms with E-state index >= 15 is 0 Å². The fourth-order valence-corrected chi connectivity index (χ4v) is 3.07. The van der Waals surface area contributed by atoms with Crippen molar-refractivity contribution in [3.63, 3.8) is 0 Å². The lowest BCUT2D eigenvalue weighted by Crippen LogP contribution is -2.64. The zero-order valence-corrected chi connectivity index (χ0v) is 19.3. The number of amides is 1. The number of hydrogen-bond acceptors (Lipinski definition) is 13. The number of aromatic amines is 1. The van der Waals surface area contributed by atoms with E-state index in [1.807, 2.05) is 5.32 Å². The van der Waals surface area contributed by atoms with Gasteiger partial charge in [-0.1, -0.05) is 0 Å². The van der Waals surface area contributed by atoms with Crippen molar-refractivity contribution in [1.29, 1.82) is 0 Å². The van der Waals surface area contributed by atoms with Crippen LogP contribution in [0, 0.1) is 5.82 Å². The summed E-state index contributed by atoms with van der Waals surface area (Å²) in [6.07, 6.45) is -9.66. The number of halogens is 1. The number of aromatic nitrogens is 2. The fraction of sp³-hybridized carbons (Fsp3) is 0.526. The van der Waals surface area contributed by atoms with Gasteiger partial charge >= 0.3 is 35.7 Å². The first kappa shape index (κ1) is 28.0. The minimum Gasteiger partial charge on any atom is -0.467 e. The van der Waals surface area contributed by atoms with E-state index in [2.05, 4.69) is 4.74 Å². The van der Waals surface area contributed by atoms with Crippen LogP contribution in [0.1, 0.15) is 20.8 Å². The molecule has 1 aliphatic rings. The highest BCUT2D eigenvalue weighted by atomic mass is 19.1. The van der Waals surface area contributed by atoms with Crippen LogP contribution in [-0.4, -0.2) is 77.3 Å². The number of H-pyrrole nitrogens is 1. The molecule has 5 atom stereocenters. The molecule has 1 aliphatic heterocycles. The Balaban J connectivity index is 2.34. The SMILES string of the molecule is COC(=O)[C@H]1O[C@@H](OC(=O)NCn2cc(F)c(=O)[nH]c2=O)[C@H](OC(C)=O)[C@@H](OC(C)=O)[C@@H]1OC(C)=O. The fourth-order valence-electron chi connectivity index (χ4n) is 3.07. The normalized spacial score (nSPS) is 23.1. The summed E-state index contributed by atoms with van der Waals surface area (Å²) in [5, 5.41) is 2.05. The molecule has 1 aromatic heterocycles. The van der Waals surface area contributed by atoms with Gasteiger partial charge in [-0.25, -0.2) is 14.4 Å². The van der Waals surface area contributed by atoms with Crippen LogP contribution >= 0.6 is 0 Å². The Hall–Kier alpha value is -4.28. The Morgan fingerprint density at radius 3 is 2.08 bits per heavy atom. The molecule has 2 N–H and O–H groups in total. The highest BCUT2D eigenvalue weighted by Crippen LogP contribution is 2.30. The highest BCUT2D eigenvalue weighted by Gasteiger charge is 2.56. The van der Waals surface area contributed by atoms with Crippen LogP contribution in [-0.2, 0) is 54.3 Å². The first-order chi connectivity index (χ1) is 16.8. The van der Waals surface area contributed by atoms with E-state index in [-0.39, 0.29) is 0 Å². The van der Waals surface area contributed by atoms with E-state index in [0.29, 0.717) is 10.8 Å². The van der Waals surface area contributed by atoms with Gasteiger partial charge in [0.25, 0.3) is 5.56 Å². The van der Waals surface area contributed by atoms with E-state index in [4.69, 9.17) is 23.7 Å². The zero-order valence-electron chi connectivity index (χ0n) is 19.3. The van der Waals surface area contributed by atoms with E-state index in [1.54, 1.807) is 4.98 Å². The van der Waals surface area contributed by atoms with E-state index in [0.717, 1.165) is 27.9 Å². The molecule has 1 amide bonds. The van der Waals surface area contributed by atoms with Gasteiger partial charge in [0, 0.05) is 20.8 Å². The van der Waals surface area contributed by atoms with Gasteiger partial charge in [0.1, 0.15) is 6.67 Å². The maximum atomic E-state index is 13.4. The predicted octanol–water partition coefficient (Wildman–Crippen LogP) is -1.95. The third kappa shape index (κ3) is 7.11. The van der Waals surface area contributed by atoms with Gasteiger partial charge in [0.2, 0.25) is 18.2 Å². The van der Waals surface area contributed by atoms with Crippen LogP contribution in [0.25, 0.3) is 0 Å². The standard InChI is InChI=1S/C19H22FN3O13/c1-7(24)32-11-12(33-8(2)25)14(34-9(3)26)17(35-13(11)16(28)31-4)36-19(30)21-6-23-5-10(20)15(27)22-18(23)29/h5,11-14,17H,6H2,1-4H3,(H,21,30)(H,22,27,29)/t11-,12-,13-,14+,17-/m0/s1. The first-order valence-electron chi connectivity index (χ1n) is 10.0. The number of esters is 4. The van der Waals surface area contributed by atoms with Crippen molar-refractivity contribution in [2.24, 2.45) is 0 Å². The molecule has 0 unspecified atom stereocenters. The number of nitrogens with one attached hydrogen (secondary N) is 2. The summed E-state index contributed by atoms with van der Waals surface area (Å²) in [4.78, 5) is 84.2. The number of carbonyl (C=O) groups is 5. The molecule has 0 saturated carbocycles. The topological polar surface area (TPSA) is 208 Å². The van der Waals surface area contributed by atoms with Crippen molar-refractivity contribution < 1.29 is 56.8 Å². The van der Waals surface area contributed by atoms with E-state index in [1.165, 1.54) is 0 Å². The molecular formula is C19H22FN3O13. The Kier molecular flexibility index (Phi) is 9.25. The molecule has 1 aromatic rings. The van der Waals surface area contributed by atoms with Crippen LogP contribution in [0.5, 0.6) is 0 Å². The highest BCUT2D eigenvalue weighted by molar-refractivity contribution is 5.77. The molecule has 0 aromatic carbocycles. The molecule has 0 spiro atoms.